The largest absolute Gasteiger partial charge is 0.469 e. The van der Waals surface area contributed by atoms with Gasteiger partial charge in [0.2, 0.25) is 0 Å². The van der Waals surface area contributed by atoms with Crippen molar-refractivity contribution in [2.24, 2.45) is 52.3 Å². The fourth-order valence-electron chi connectivity index (χ4n) is 11.5. The van der Waals surface area contributed by atoms with Crippen molar-refractivity contribution in [3.8, 4) is 0 Å². The third-order valence-electron chi connectivity index (χ3n) is 13.4. The van der Waals surface area contributed by atoms with Crippen LogP contribution in [0.3, 0.4) is 0 Å². The van der Waals surface area contributed by atoms with Gasteiger partial charge in [-0.15, -0.1) is 0 Å². The second-order valence-corrected chi connectivity index (χ2v) is 39.6. The van der Waals surface area contributed by atoms with Crippen molar-refractivity contribution in [1.29, 1.82) is 0 Å². The predicted octanol–water partition coefficient (Wildman–Crippen LogP) is 11.0. The van der Waals surface area contributed by atoms with E-state index in [4.69, 9.17) is 22.4 Å². The van der Waals surface area contributed by atoms with Crippen molar-refractivity contribution in [3.63, 3.8) is 0 Å². The minimum Gasteiger partial charge on any atom is -0.469 e. The summed E-state index contributed by atoms with van der Waals surface area (Å²) in [6.07, 6.45) is 12.7. The van der Waals surface area contributed by atoms with Crippen LogP contribution in [0, 0.1) is 52.3 Å². The summed E-state index contributed by atoms with van der Waals surface area (Å²) >= 11 is 0. The zero-order valence-corrected chi connectivity index (χ0v) is 39.5. The molecule has 2 unspecified atom stereocenters. The third-order valence-corrected chi connectivity index (χ3v) is 17.5. The van der Waals surface area contributed by atoms with E-state index in [2.05, 4.69) is 99.3 Å². The molecule has 0 aromatic heterocycles. The first-order valence-electron chi connectivity index (χ1n) is 20.5. The molecule has 0 saturated heterocycles. The number of carbonyl (C=O) groups excluding carboxylic acids is 1. The molecule has 0 amide bonds. The van der Waals surface area contributed by atoms with E-state index in [1.165, 1.54) is 52.1 Å². The second-order valence-electron chi connectivity index (χ2n) is 21.7. The van der Waals surface area contributed by atoms with Gasteiger partial charge in [-0.3, -0.25) is 4.79 Å². The zero-order chi connectivity index (χ0) is 37.7. The Balaban J connectivity index is 1.62. The Kier molecular flexibility index (Phi) is 13.5. The van der Waals surface area contributed by atoms with Crippen LogP contribution in [0.2, 0.25) is 78.6 Å². The highest BCUT2D eigenvalue weighted by atomic mass is 28.4. The molecular formula is C40H80O6Si4. The maximum atomic E-state index is 12.7. The van der Waals surface area contributed by atoms with Crippen molar-refractivity contribution in [2.45, 2.75) is 182 Å². The number of ether oxygens (including phenoxy) is 1. The molecule has 292 valence electrons. The third kappa shape index (κ3) is 10.3. The fraction of sp³-hybridized carbons (Fsp3) is 0.975. The highest BCUT2D eigenvalue weighted by Gasteiger charge is 2.67. The minimum atomic E-state index is -1.82. The number of fused-ring (bicyclic) bond motifs is 5. The average molecular weight is 769 g/mol. The van der Waals surface area contributed by atoms with Crippen LogP contribution in [-0.2, 0) is 27.2 Å². The molecule has 4 fully saturated rings. The summed E-state index contributed by atoms with van der Waals surface area (Å²) < 4.78 is 33.0. The maximum absolute atomic E-state index is 12.7. The lowest BCUT2D eigenvalue weighted by Gasteiger charge is -2.66. The van der Waals surface area contributed by atoms with Crippen LogP contribution in [0.5, 0.6) is 0 Å². The van der Waals surface area contributed by atoms with Crippen LogP contribution in [0.25, 0.3) is 0 Å². The summed E-state index contributed by atoms with van der Waals surface area (Å²) in [6, 6.07) is 0. The lowest BCUT2D eigenvalue weighted by molar-refractivity contribution is -0.199. The van der Waals surface area contributed by atoms with Crippen LogP contribution < -0.4 is 0 Å². The van der Waals surface area contributed by atoms with Gasteiger partial charge < -0.3 is 22.4 Å². The van der Waals surface area contributed by atoms with Gasteiger partial charge in [0.15, 0.2) is 33.3 Å². The molecule has 0 spiro atoms. The number of rotatable bonds is 15. The van der Waals surface area contributed by atoms with Crippen LogP contribution in [0.4, 0.5) is 0 Å². The molecule has 0 bridgehead atoms. The SMILES string of the molecule is COC(=O)C(CCCC(C)[C@H]1CC[C@H]2[C@@H]3[C@H](O[Si](C)(C)C)C[C@@H]4C[C@H](O[Si](C)(C)C)CC[C@]4(C)[C@H]3C[C@H](O[Si](C)(C)C)[C@]12C)CO[Si](C)(C)C. The summed E-state index contributed by atoms with van der Waals surface area (Å²) in [4.78, 5) is 12.7. The summed E-state index contributed by atoms with van der Waals surface area (Å²) in [6.45, 7) is 36.4. The Morgan fingerprint density at radius 2 is 1.36 bits per heavy atom. The molecule has 6 nitrogen and oxygen atoms in total. The quantitative estimate of drug-likeness (QED) is 0.122. The van der Waals surface area contributed by atoms with Crippen molar-refractivity contribution < 1.29 is 27.2 Å². The van der Waals surface area contributed by atoms with E-state index in [0.29, 0.717) is 65.8 Å². The van der Waals surface area contributed by atoms with E-state index in [1.54, 1.807) is 0 Å². The van der Waals surface area contributed by atoms with E-state index in [1.807, 2.05) is 0 Å². The van der Waals surface area contributed by atoms with Gasteiger partial charge in [-0.25, -0.2) is 0 Å². The average Bonchev–Trinajstić information content (AvgIpc) is 3.30. The van der Waals surface area contributed by atoms with Crippen molar-refractivity contribution >= 4 is 39.2 Å². The first-order chi connectivity index (χ1) is 22.8. The van der Waals surface area contributed by atoms with Gasteiger partial charge in [-0.2, -0.15) is 0 Å². The normalized spacial score (nSPS) is 37.8. The minimum absolute atomic E-state index is 0.121. The lowest BCUT2D eigenvalue weighted by atomic mass is 9.43. The van der Waals surface area contributed by atoms with Gasteiger partial charge in [-0.05, 0) is 176 Å². The van der Waals surface area contributed by atoms with Gasteiger partial charge in [0.05, 0.1) is 19.1 Å². The van der Waals surface area contributed by atoms with Gasteiger partial charge >= 0.3 is 5.97 Å². The standard InChI is InChI=1S/C40H80O6Si4/c1-28(18-17-19-29(38(41)42-4)27-43-47(5,6)7)32-20-21-33-37-34(26-36(40(32,33)3)46-50(14,15)16)39(2)23-22-31(44-48(8,9)10)24-30(39)25-35(37)45-49(11,12)13/h28-37H,17-27H2,1-16H3/t28?,29?,30-,31+,32+,33-,34-,35+,36-,37-,39-,40+/m0/s1. The summed E-state index contributed by atoms with van der Waals surface area (Å²) in [5, 5.41) is 0. The monoisotopic (exact) mass is 769 g/mol. The highest BCUT2D eigenvalue weighted by Crippen LogP contribution is 2.69. The first-order valence-corrected chi connectivity index (χ1v) is 34.2. The second kappa shape index (κ2) is 15.7. The van der Waals surface area contributed by atoms with Crippen molar-refractivity contribution in [1.82, 2.24) is 0 Å². The van der Waals surface area contributed by atoms with E-state index in [0.717, 1.165) is 19.3 Å². The molecule has 0 aliphatic heterocycles. The van der Waals surface area contributed by atoms with Gasteiger partial charge in [0.1, 0.15) is 0 Å². The van der Waals surface area contributed by atoms with Gasteiger partial charge in [0, 0.05) is 18.8 Å². The van der Waals surface area contributed by atoms with Crippen LogP contribution in [0.15, 0.2) is 0 Å². The molecule has 0 radical (unpaired) electrons. The Morgan fingerprint density at radius 1 is 0.740 bits per heavy atom. The number of hydrogen-bond donors (Lipinski definition) is 0. The Bertz CT molecular complexity index is 1140. The lowest BCUT2D eigenvalue weighted by Crippen LogP contribution is -2.64. The Hall–Kier alpha value is 0.178. The molecule has 10 heteroatoms. The molecule has 0 heterocycles. The predicted molar refractivity (Wildman–Crippen MR) is 218 cm³/mol. The smallest absolute Gasteiger partial charge is 0.310 e. The molecule has 0 aromatic carbocycles. The molecule has 4 aliphatic carbocycles. The van der Waals surface area contributed by atoms with Gasteiger partial charge in [-0.1, -0.05) is 33.6 Å². The van der Waals surface area contributed by atoms with E-state index in [9.17, 15) is 4.79 Å². The van der Waals surface area contributed by atoms with Crippen LogP contribution >= 0.6 is 0 Å². The number of methoxy groups -OCH3 is 1. The van der Waals surface area contributed by atoms with Crippen LogP contribution in [-0.4, -0.2) is 71.3 Å². The molecule has 12 atom stereocenters. The molecule has 4 saturated carbocycles. The van der Waals surface area contributed by atoms with Crippen molar-refractivity contribution in [3.05, 3.63) is 0 Å². The van der Waals surface area contributed by atoms with E-state index >= 15 is 0 Å². The molecular weight excluding hydrogens is 689 g/mol. The van der Waals surface area contributed by atoms with Crippen molar-refractivity contribution in [2.75, 3.05) is 13.7 Å². The molecule has 50 heavy (non-hydrogen) atoms. The van der Waals surface area contributed by atoms with E-state index in [-0.39, 0.29) is 17.3 Å². The summed E-state index contributed by atoms with van der Waals surface area (Å²) in [7, 11) is -5.39. The highest BCUT2D eigenvalue weighted by molar-refractivity contribution is 6.70. The maximum Gasteiger partial charge on any atom is 0.310 e. The first kappa shape index (κ1) is 42.9. The molecule has 0 N–H and O–H groups in total. The fourth-order valence-corrected chi connectivity index (χ4v) is 15.8. The van der Waals surface area contributed by atoms with Crippen LogP contribution in [0.1, 0.15) is 85.0 Å². The number of esters is 1. The Labute approximate surface area is 313 Å². The Morgan fingerprint density at radius 3 is 1.92 bits per heavy atom. The molecule has 4 aliphatic rings. The van der Waals surface area contributed by atoms with E-state index < -0.39 is 33.3 Å². The molecule has 0 aromatic rings. The van der Waals surface area contributed by atoms with Gasteiger partial charge in [0.25, 0.3) is 0 Å². The number of carbonyl (C=O) groups is 1. The molecule has 4 rings (SSSR count). The summed E-state index contributed by atoms with van der Waals surface area (Å²) in [5.74, 6) is 3.40. The number of hydrogen-bond acceptors (Lipinski definition) is 6. The topological polar surface area (TPSA) is 63.2 Å². The summed E-state index contributed by atoms with van der Waals surface area (Å²) in [5.41, 5.74) is 0.447. The zero-order valence-electron chi connectivity index (χ0n) is 35.5.